The molecule has 0 aromatic heterocycles. The van der Waals surface area contributed by atoms with Crippen LogP contribution in [0.3, 0.4) is 0 Å². The molecule has 4 atom stereocenters. The van der Waals surface area contributed by atoms with Crippen LogP contribution in [0.1, 0.15) is 96.8 Å². The van der Waals surface area contributed by atoms with Gasteiger partial charge in [-0.15, -0.1) is 0 Å². The Morgan fingerprint density at radius 3 is 2.05 bits per heavy atom. The monoisotopic (exact) mass is 516 g/mol. The van der Waals surface area contributed by atoms with Crippen LogP contribution in [0.25, 0.3) is 0 Å². The Hall–Kier alpha value is -1.66. The van der Waals surface area contributed by atoms with E-state index in [4.69, 9.17) is 9.47 Å². The number of amides is 1. The second kappa shape index (κ2) is 17.0. The molecule has 3 aliphatic heterocycles. The van der Waals surface area contributed by atoms with Crippen molar-refractivity contribution in [2.45, 2.75) is 109 Å². The number of fused-ring (bicyclic) bond motifs is 2. The molecule has 3 heterocycles. The number of rotatable bonds is 17. The summed E-state index contributed by atoms with van der Waals surface area (Å²) < 4.78 is 11.7. The average molecular weight is 517 g/mol. The highest BCUT2D eigenvalue weighted by molar-refractivity contribution is 5.87. The maximum absolute atomic E-state index is 13.3. The molecule has 0 aromatic rings. The lowest BCUT2D eigenvalue weighted by atomic mass is 9.78. The highest BCUT2D eigenvalue weighted by Gasteiger charge is 2.56. The largest absolute Gasteiger partial charge is 0.465 e. The molecular formula is C31H52N2O4. The van der Waals surface area contributed by atoms with E-state index in [2.05, 4.69) is 43.2 Å². The van der Waals surface area contributed by atoms with Crippen LogP contribution in [0, 0.1) is 11.8 Å². The van der Waals surface area contributed by atoms with E-state index in [-0.39, 0.29) is 30.0 Å². The van der Waals surface area contributed by atoms with Crippen molar-refractivity contribution in [2.24, 2.45) is 11.8 Å². The van der Waals surface area contributed by atoms with Crippen molar-refractivity contribution >= 4 is 11.9 Å². The second-order valence-electron chi connectivity index (χ2n) is 11.2. The molecule has 0 aliphatic carbocycles. The lowest BCUT2D eigenvalue weighted by Gasteiger charge is -2.36. The van der Waals surface area contributed by atoms with Gasteiger partial charge in [0.1, 0.15) is 0 Å². The molecule has 0 aromatic carbocycles. The molecule has 3 rings (SSSR count). The third-order valence-corrected chi connectivity index (χ3v) is 8.23. The van der Waals surface area contributed by atoms with Crippen molar-refractivity contribution in [1.29, 1.82) is 0 Å². The fourth-order valence-corrected chi connectivity index (χ4v) is 5.89. The number of unbranched alkanes of at least 4 members (excludes halogenated alkanes) is 9. The molecule has 0 N–H and O–H groups in total. The standard InChI is InChI=1S/C31H52N2O4/c1-3-4-5-6-7-8-9-10-11-12-13-14-15-16-17-18-25-36-31(35)29-27-20-19-26(37-27)28(29)30(34)33-23-21-32(2)22-24-33/h7-8,10-11,26-29H,3-6,9,12-25H2,1-2H3/b8-7+,11-10+. The van der Waals surface area contributed by atoms with Gasteiger partial charge in [-0.2, -0.15) is 0 Å². The van der Waals surface area contributed by atoms with Gasteiger partial charge in [0.2, 0.25) is 5.91 Å². The van der Waals surface area contributed by atoms with Gasteiger partial charge in [-0.3, -0.25) is 9.59 Å². The summed E-state index contributed by atoms with van der Waals surface area (Å²) >= 11 is 0. The Morgan fingerprint density at radius 1 is 0.784 bits per heavy atom. The van der Waals surface area contributed by atoms with Crippen LogP contribution in [0.4, 0.5) is 0 Å². The lowest BCUT2D eigenvalue weighted by Crippen LogP contribution is -2.52. The van der Waals surface area contributed by atoms with Crippen molar-refractivity contribution in [3.8, 4) is 0 Å². The van der Waals surface area contributed by atoms with Crippen LogP contribution < -0.4 is 0 Å². The molecular weight excluding hydrogens is 464 g/mol. The molecule has 2 bridgehead atoms. The Bertz CT molecular complexity index is 729. The Kier molecular flexibility index (Phi) is 13.8. The van der Waals surface area contributed by atoms with Crippen LogP contribution in [-0.4, -0.2) is 73.7 Å². The molecule has 6 nitrogen and oxygen atoms in total. The summed E-state index contributed by atoms with van der Waals surface area (Å²) in [6, 6.07) is 0. The zero-order valence-corrected chi connectivity index (χ0v) is 23.6. The fourth-order valence-electron chi connectivity index (χ4n) is 5.89. The number of carbonyl (C=O) groups excluding carboxylic acids is 2. The van der Waals surface area contributed by atoms with Crippen LogP contribution in [0.2, 0.25) is 0 Å². The number of ether oxygens (including phenoxy) is 2. The van der Waals surface area contributed by atoms with Gasteiger partial charge in [0.25, 0.3) is 0 Å². The number of allylic oxidation sites excluding steroid dienone is 4. The quantitative estimate of drug-likeness (QED) is 0.137. The molecule has 210 valence electrons. The lowest BCUT2D eigenvalue weighted by molar-refractivity contribution is -0.156. The van der Waals surface area contributed by atoms with Gasteiger partial charge >= 0.3 is 5.97 Å². The van der Waals surface area contributed by atoms with Crippen LogP contribution in [0.5, 0.6) is 0 Å². The van der Waals surface area contributed by atoms with Gasteiger partial charge in [-0.25, -0.2) is 0 Å². The van der Waals surface area contributed by atoms with Gasteiger partial charge in [-0.1, -0.05) is 69.8 Å². The summed E-state index contributed by atoms with van der Waals surface area (Å²) in [5.41, 5.74) is 0. The first-order valence-electron chi connectivity index (χ1n) is 15.2. The molecule has 1 amide bonds. The number of carbonyl (C=O) groups is 2. The molecule has 6 heteroatoms. The SMILES string of the molecule is CCCCC/C=C/C/C=C/CCCCCCCCOC(=O)C1C2CCC(O2)C1C(=O)N1CCN(C)CC1. The normalized spacial score (nSPS) is 26.1. The van der Waals surface area contributed by atoms with Gasteiger partial charge in [0.15, 0.2) is 0 Å². The summed E-state index contributed by atoms with van der Waals surface area (Å²) in [5.74, 6) is -0.903. The van der Waals surface area contributed by atoms with Gasteiger partial charge < -0.3 is 19.3 Å². The first-order valence-corrected chi connectivity index (χ1v) is 15.2. The van der Waals surface area contributed by atoms with E-state index < -0.39 is 5.92 Å². The first kappa shape index (κ1) is 29.9. The second-order valence-corrected chi connectivity index (χ2v) is 11.2. The number of nitrogens with zero attached hydrogens (tertiary/aromatic N) is 2. The Balaban J connectivity index is 1.21. The number of esters is 1. The minimum absolute atomic E-state index is 0.0935. The molecule has 0 saturated carbocycles. The molecule has 4 unspecified atom stereocenters. The van der Waals surface area contributed by atoms with Crippen molar-refractivity contribution in [3.05, 3.63) is 24.3 Å². The van der Waals surface area contributed by atoms with E-state index in [1.807, 2.05) is 4.90 Å². The third kappa shape index (κ3) is 9.86. The number of piperazine rings is 1. The van der Waals surface area contributed by atoms with Crippen LogP contribution >= 0.6 is 0 Å². The predicted molar refractivity (Wildman–Crippen MR) is 149 cm³/mol. The van der Waals surface area contributed by atoms with Crippen LogP contribution in [0.15, 0.2) is 24.3 Å². The number of hydrogen-bond acceptors (Lipinski definition) is 5. The summed E-state index contributed by atoms with van der Waals surface area (Å²) in [4.78, 5) is 30.4. The Labute approximate surface area is 225 Å². The third-order valence-electron chi connectivity index (χ3n) is 8.23. The maximum Gasteiger partial charge on any atom is 0.312 e. The van der Waals surface area contributed by atoms with E-state index in [1.165, 1.54) is 57.8 Å². The van der Waals surface area contributed by atoms with E-state index in [0.717, 1.165) is 58.3 Å². The maximum atomic E-state index is 13.3. The fraction of sp³-hybridized carbons (Fsp3) is 0.806. The molecule has 0 spiro atoms. The van der Waals surface area contributed by atoms with Gasteiger partial charge in [0.05, 0.1) is 30.7 Å². The van der Waals surface area contributed by atoms with Gasteiger partial charge in [0, 0.05) is 26.2 Å². The van der Waals surface area contributed by atoms with Crippen molar-refractivity contribution in [2.75, 3.05) is 39.8 Å². The molecule has 3 fully saturated rings. The summed E-state index contributed by atoms with van der Waals surface area (Å²) in [6.45, 7) is 5.94. The van der Waals surface area contributed by atoms with Gasteiger partial charge in [-0.05, 0) is 58.4 Å². The zero-order chi connectivity index (χ0) is 26.3. The molecule has 37 heavy (non-hydrogen) atoms. The molecule has 3 saturated heterocycles. The van der Waals surface area contributed by atoms with E-state index in [0.29, 0.717) is 6.61 Å². The highest BCUT2D eigenvalue weighted by Crippen LogP contribution is 2.45. The predicted octanol–water partition coefficient (Wildman–Crippen LogP) is 5.91. The van der Waals surface area contributed by atoms with Crippen molar-refractivity contribution in [1.82, 2.24) is 9.80 Å². The average Bonchev–Trinajstić information content (AvgIpc) is 3.52. The number of likely N-dealkylation sites (N-methyl/N-ethyl adjacent to an activating group) is 1. The van der Waals surface area contributed by atoms with Crippen molar-refractivity contribution in [3.63, 3.8) is 0 Å². The van der Waals surface area contributed by atoms with Crippen molar-refractivity contribution < 1.29 is 19.1 Å². The highest BCUT2D eigenvalue weighted by atomic mass is 16.5. The summed E-state index contributed by atoms with van der Waals surface area (Å²) in [7, 11) is 2.08. The first-order chi connectivity index (χ1) is 18.1. The number of hydrogen-bond donors (Lipinski definition) is 0. The summed E-state index contributed by atoms with van der Waals surface area (Å²) in [6.07, 6.45) is 25.0. The Morgan fingerprint density at radius 2 is 1.38 bits per heavy atom. The zero-order valence-electron chi connectivity index (χ0n) is 23.6. The van der Waals surface area contributed by atoms with E-state index >= 15 is 0 Å². The van der Waals surface area contributed by atoms with E-state index in [1.54, 1.807) is 0 Å². The molecule has 3 aliphatic rings. The minimum Gasteiger partial charge on any atom is -0.465 e. The smallest absolute Gasteiger partial charge is 0.312 e. The van der Waals surface area contributed by atoms with E-state index in [9.17, 15) is 9.59 Å². The minimum atomic E-state index is -0.421. The molecule has 0 radical (unpaired) electrons. The topological polar surface area (TPSA) is 59.1 Å². The summed E-state index contributed by atoms with van der Waals surface area (Å²) in [5, 5.41) is 0. The van der Waals surface area contributed by atoms with Crippen LogP contribution in [-0.2, 0) is 19.1 Å².